The fourth-order valence-corrected chi connectivity index (χ4v) is 2.52. The highest BCUT2D eigenvalue weighted by atomic mass is 35.7. The van der Waals surface area contributed by atoms with Crippen LogP contribution >= 0.6 is 10.7 Å². The molecule has 1 aromatic heterocycles. The molecule has 0 aliphatic heterocycles. The Morgan fingerprint density at radius 3 is 2.68 bits per heavy atom. The molecule has 19 heavy (non-hydrogen) atoms. The SMILES string of the molecule is Cc1ccc(OCc2nc(C)no2)c(S(=O)(=O)Cl)c1. The molecule has 1 aromatic carbocycles. The molecule has 0 amide bonds. The zero-order valence-corrected chi connectivity index (χ0v) is 11.8. The van der Waals surface area contributed by atoms with E-state index in [-0.39, 0.29) is 23.1 Å². The fraction of sp³-hybridized carbons (Fsp3) is 0.273. The van der Waals surface area contributed by atoms with Gasteiger partial charge < -0.3 is 9.26 Å². The third-order valence-electron chi connectivity index (χ3n) is 2.28. The number of hydrogen-bond donors (Lipinski definition) is 0. The van der Waals surface area contributed by atoms with Crippen molar-refractivity contribution < 1.29 is 17.7 Å². The van der Waals surface area contributed by atoms with Gasteiger partial charge in [0.1, 0.15) is 10.6 Å². The molecular formula is C11H11ClN2O4S. The first kappa shape index (κ1) is 13.8. The van der Waals surface area contributed by atoms with Crippen LogP contribution in [0.5, 0.6) is 5.75 Å². The lowest BCUT2D eigenvalue weighted by Gasteiger charge is -2.08. The summed E-state index contributed by atoms with van der Waals surface area (Å²) in [6.45, 7) is 3.41. The summed E-state index contributed by atoms with van der Waals surface area (Å²) in [5, 5.41) is 3.60. The topological polar surface area (TPSA) is 82.3 Å². The largest absolute Gasteiger partial charge is 0.482 e. The normalized spacial score (nSPS) is 11.5. The van der Waals surface area contributed by atoms with Crippen LogP contribution in [0.3, 0.4) is 0 Å². The molecule has 0 fully saturated rings. The third-order valence-corrected chi connectivity index (χ3v) is 3.63. The van der Waals surface area contributed by atoms with Crippen molar-refractivity contribution >= 4 is 19.7 Å². The number of aromatic nitrogens is 2. The predicted octanol–water partition coefficient (Wildman–Crippen LogP) is 2.19. The summed E-state index contributed by atoms with van der Waals surface area (Å²) in [6, 6.07) is 4.70. The maximum Gasteiger partial charge on any atom is 0.264 e. The van der Waals surface area contributed by atoms with Gasteiger partial charge in [-0.2, -0.15) is 4.98 Å². The number of hydrogen-bond acceptors (Lipinski definition) is 6. The van der Waals surface area contributed by atoms with Gasteiger partial charge in [-0.1, -0.05) is 11.2 Å². The molecule has 6 nitrogen and oxygen atoms in total. The molecule has 0 bridgehead atoms. The summed E-state index contributed by atoms with van der Waals surface area (Å²) in [5.41, 5.74) is 0.764. The van der Waals surface area contributed by atoms with Crippen molar-refractivity contribution in [1.82, 2.24) is 10.1 Å². The minimum absolute atomic E-state index is 0.0245. The molecule has 0 aliphatic carbocycles. The van der Waals surface area contributed by atoms with Gasteiger partial charge in [0, 0.05) is 10.7 Å². The van der Waals surface area contributed by atoms with E-state index in [1.165, 1.54) is 12.1 Å². The van der Waals surface area contributed by atoms with E-state index in [2.05, 4.69) is 10.1 Å². The summed E-state index contributed by atoms with van der Waals surface area (Å²) in [6.07, 6.45) is 0. The van der Waals surface area contributed by atoms with Crippen molar-refractivity contribution in [3.63, 3.8) is 0 Å². The van der Waals surface area contributed by atoms with Crippen molar-refractivity contribution in [2.24, 2.45) is 0 Å². The Kier molecular flexibility index (Phi) is 3.77. The Morgan fingerprint density at radius 1 is 1.37 bits per heavy atom. The van der Waals surface area contributed by atoms with Gasteiger partial charge in [-0.25, -0.2) is 8.42 Å². The van der Waals surface area contributed by atoms with Gasteiger partial charge >= 0.3 is 0 Å². The summed E-state index contributed by atoms with van der Waals surface area (Å²) in [7, 11) is 1.49. The average Bonchev–Trinajstić information content (AvgIpc) is 2.72. The van der Waals surface area contributed by atoms with Gasteiger partial charge in [0.25, 0.3) is 14.9 Å². The van der Waals surface area contributed by atoms with Crippen molar-refractivity contribution in [3.8, 4) is 5.75 Å². The van der Waals surface area contributed by atoms with Gasteiger partial charge in [-0.05, 0) is 31.5 Å². The van der Waals surface area contributed by atoms with Gasteiger partial charge in [0.15, 0.2) is 12.4 Å². The third kappa shape index (κ3) is 3.45. The van der Waals surface area contributed by atoms with Crippen LogP contribution in [0.2, 0.25) is 0 Å². The molecule has 0 unspecified atom stereocenters. The maximum atomic E-state index is 11.5. The van der Waals surface area contributed by atoms with Crippen molar-refractivity contribution in [1.29, 1.82) is 0 Å². The van der Waals surface area contributed by atoms with Gasteiger partial charge in [0.05, 0.1) is 0 Å². The second kappa shape index (κ2) is 5.18. The second-order valence-corrected chi connectivity index (χ2v) is 6.45. The smallest absolute Gasteiger partial charge is 0.264 e. The van der Waals surface area contributed by atoms with E-state index in [0.717, 1.165) is 5.56 Å². The lowest BCUT2D eigenvalue weighted by atomic mass is 10.2. The molecule has 0 atom stereocenters. The van der Waals surface area contributed by atoms with Crippen LogP contribution in [-0.4, -0.2) is 18.6 Å². The quantitative estimate of drug-likeness (QED) is 0.805. The lowest BCUT2D eigenvalue weighted by molar-refractivity contribution is 0.238. The molecule has 2 rings (SSSR count). The van der Waals surface area contributed by atoms with Crippen LogP contribution in [0, 0.1) is 13.8 Å². The molecule has 0 saturated carbocycles. The molecule has 8 heteroatoms. The molecule has 0 aliphatic rings. The summed E-state index contributed by atoms with van der Waals surface area (Å²) in [5.74, 6) is 0.889. The standard InChI is InChI=1S/C11H11ClN2O4S/c1-7-3-4-9(10(5-7)19(12,15)16)17-6-11-13-8(2)14-18-11/h3-5H,6H2,1-2H3. The molecule has 0 radical (unpaired) electrons. The summed E-state index contributed by atoms with van der Waals surface area (Å²) < 4.78 is 33.1. The van der Waals surface area contributed by atoms with Gasteiger partial charge in [-0.15, -0.1) is 0 Å². The Labute approximate surface area is 114 Å². The fourth-order valence-electron chi connectivity index (χ4n) is 1.46. The monoisotopic (exact) mass is 302 g/mol. The van der Waals surface area contributed by atoms with Gasteiger partial charge in [0.2, 0.25) is 0 Å². The van der Waals surface area contributed by atoms with Crippen LogP contribution in [0.1, 0.15) is 17.3 Å². The number of nitrogens with zero attached hydrogens (tertiary/aromatic N) is 2. The highest BCUT2D eigenvalue weighted by molar-refractivity contribution is 8.13. The Balaban J connectivity index is 2.25. The molecule has 2 aromatic rings. The molecule has 0 saturated heterocycles. The van der Waals surface area contributed by atoms with E-state index >= 15 is 0 Å². The molecule has 1 heterocycles. The molecule has 0 N–H and O–H groups in total. The second-order valence-electron chi connectivity index (χ2n) is 3.91. The molecular weight excluding hydrogens is 292 g/mol. The maximum absolute atomic E-state index is 11.5. The predicted molar refractivity (Wildman–Crippen MR) is 67.6 cm³/mol. The number of rotatable bonds is 4. The van der Waals surface area contributed by atoms with E-state index in [1.807, 2.05) is 0 Å². The van der Waals surface area contributed by atoms with Crippen molar-refractivity contribution in [2.75, 3.05) is 0 Å². The van der Waals surface area contributed by atoms with Crippen molar-refractivity contribution in [2.45, 2.75) is 25.3 Å². The van der Waals surface area contributed by atoms with Crippen LogP contribution in [0.25, 0.3) is 0 Å². The minimum Gasteiger partial charge on any atom is -0.482 e. The first-order valence-electron chi connectivity index (χ1n) is 5.33. The average molecular weight is 303 g/mol. The summed E-state index contributed by atoms with van der Waals surface area (Å²) in [4.78, 5) is 3.87. The Hall–Kier alpha value is -1.60. The number of halogens is 1. The zero-order chi connectivity index (χ0) is 14.0. The van der Waals surface area contributed by atoms with Crippen LogP contribution in [0.4, 0.5) is 0 Å². The Bertz CT molecular complexity index is 696. The zero-order valence-electron chi connectivity index (χ0n) is 10.3. The van der Waals surface area contributed by atoms with Crippen LogP contribution in [-0.2, 0) is 15.7 Å². The number of benzene rings is 1. The van der Waals surface area contributed by atoms with Crippen LogP contribution in [0.15, 0.2) is 27.6 Å². The van der Waals surface area contributed by atoms with E-state index < -0.39 is 9.05 Å². The Morgan fingerprint density at radius 2 is 2.11 bits per heavy atom. The van der Waals surface area contributed by atoms with E-state index in [1.54, 1.807) is 19.9 Å². The molecule has 102 valence electrons. The number of ether oxygens (including phenoxy) is 1. The van der Waals surface area contributed by atoms with E-state index in [4.69, 9.17) is 19.9 Å². The van der Waals surface area contributed by atoms with E-state index in [9.17, 15) is 8.42 Å². The first-order chi connectivity index (χ1) is 8.86. The molecule has 0 spiro atoms. The highest BCUT2D eigenvalue weighted by Gasteiger charge is 2.18. The lowest BCUT2D eigenvalue weighted by Crippen LogP contribution is -2.01. The van der Waals surface area contributed by atoms with Crippen LogP contribution < -0.4 is 4.74 Å². The first-order valence-corrected chi connectivity index (χ1v) is 7.64. The van der Waals surface area contributed by atoms with Gasteiger partial charge in [-0.3, -0.25) is 0 Å². The highest BCUT2D eigenvalue weighted by Crippen LogP contribution is 2.28. The summed E-state index contributed by atoms with van der Waals surface area (Å²) >= 11 is 0. The van der Waals surface area contributed by atoms with Crippen molar-refractivity contribution in [3.05, 3.63) is 35.5 Å². The minimum atomic E-state index is -3.87. The number of aryl methyl sites for hydroxylation is 2. The van der Waals surface area contributed by atoms with E-state index in [0.29, 0.717) is 5.82 Å².